The zero-order valence-corrected chi connectivity index (χ0v) is 13.0. The molecule has 0 amide bonds. The first-order chi connectivity index (χ1) is 8.60. The van der Waals surface area contributed by atoms with E-state index in [1.807, 2.05) is 20.8 Å². The van der Waals surface area contributed by atoms with Crippen LogP contribution < -0.4 is 0 Å². The molecule has 0 aromatic carbocycles. The summed E-state index contributed by atoms with van der Waals surface area (Å²) in [5.41, 5.74) is -0.134. The normalized spacial score (nSPS) is 18.7. The van der Waals surface area contributed by atoms with Crippen molar-refractivity contribution in [3.05, 3.63) is 0 Å². The van der Waals surface area contributed by atoms with Crippen LogP contribution in [-0.2, 0) is 22.8 Å². The lowest BCUT2D eigenvalue weighted by Gasteiger charge is -2.38. The van der Waals surface area contributed by atoms with Gasteiger partial charge in [0.2, 0.25) is 0 Å². The molecule has 0 saturated carbocycles. The lowest BCUT2D eigenvalue weighted by atomic mass is 10.1. The molecular formula is C12H26O5Si. The van der Waals surface area contributed by atoms with E-state index in [0.29, 0.717) is 45.7 Å². The Morgan fingerprint density at radius 2 is 1.50 bits per heavy atom. The fourth-order valence-corrected chi connectivity index (χ4v) is 4.25. The van der Waals surface area contributed by atoms with E-state index in [1.54, 1.807) is 0 Å². The molecular weight excluding hydrogens is 252 g/mol. The van der Waals surface area contributed by atoms with E-state index in [1.165, 1.54) is 0 Å². The SMILES string of the molecule is CCO[Si](CCOC1(C)COC1)(OCC)OCC. The van der Waals surface area contributed by atoms with Crippen LogP contribution in [0.5, 0.6) is 0 Å². The van der Waals surface area contributed by atoms with Crippen LogP contribution in [-0.4, -0.2) is 54.0 Å². The highest BCUT2D eigenvalue weighted by Crippen LogP contribution is 2.23. The summed E-state index contributed by atoms with van der Waals surface area (Å²) in [5, 5.41) is 0. The highest BCUT2D eigenvalue weighted by Gasteiger charge is 2.42. The minimum Gasteiger partial charge on any atom is -0.375 e. The molecule has 108 valence electrons. The van der Waals surface area contributed by atoms with Crippen LogP contribution in [0, 0.1) is 0 Å². The molecule has 18 heavy (non-hydrogen) atoms. The molecule has 0 atom stereocenters. The van der Waals surface area contributed by atoms with Crippen LogP contribution in [0.15, 0.2) is 0 Å². The summed E-state index contributed by atoms with van der Waals surface area (Å²) in [7, 11) is -2.55. The van der Waals surface area contributed by atoms with Crippen LogP contribution >= 0.6 is 0 Å². The molecule has 6 heteroatoms. The molecule has 0 aromatic heterocycles. The number of rotatable bonds is 10. The van der Waals surface area contributed by atoms with Crippen LogP contribution in [0.3, 0.4) is 0 Å². The zero-order valence-electron chi connectivity index (χ0n) is 12.0. The van der Waals surface area contributed by atoms with Gasteiger partial charge in [-0.3, -0.25) is 0 Å². The van der Waals surface area contributed by atoms with Crippen molar-refractivity contribution in [1.82, 2.24) is 0 Å². The maximum absolute atomic E-state index is 5.83. The second-order valence-electron chi connectivity index (χ2n) is 4.52. The van der Waals surface area contributed by atoms with Gasteiger partial charge in [0.15, 0.2) is 0 Å². The standard InChI is InChI=1S/C12H26O5Si/c1-5-15-18(16-6-2,17-7-3)9-8-14-12(4)10-13-11-12/h5-11H2,1-4H3. The summed E-state index contributed by atoms with van der Waals surface area (Å²) in [6, 6.07) is 0.693. The molecule has 0 bridgehead atoms. The molecule has 0 spiro atoms. The van der Waals surface area contributed by atoms with Gasteiger partial charge in [0.1, 0.15) is 5.60 Å². The molecule has 1 heterocycles. The molecule has 1 fully saturated rings. The highest BCUT2D eigenvalue weighted by atomic mass is 28.4. The second-order valence-corrected chi connectivity index (χ2v) is 7.26. The lowest BCUT2D eigenvalue weighted by Crippen LogP contribution is -2.51. The topological polar surface area (TPSA) is 46.2 Å². The summed E-state index contributed by atoms with van der Waals surface area (Å²) in [6.45, 7) is 11.7. The molecule has 0 aromatic rings. The van der Waals surface area contributed by atoms with Crippen LogP contribution in [0.1, 0.15) is 27.7 Å². The van der Waals surface area contributed by atoms with Crippen LogP contribution in [0.25, 0.3) is 0 Å². The first kappa shape index (κ1) is 16.1. The van der Waals surface area contributed by atoms with Crippen molar-refractivity contribution in [3.63, 3.8) is 0 Å². The Balaban J connectivity index is 2.42. The van der Waals surface area contributed by atoms with Gasteiger partial charge in [0.05, 0.1) is 19.8 Å². The van der Waals surface area contributed by atoms with Gasteiger partial charge in [-0.15, -0.1) is 0 Å². The van der Waals surface area contributed by atoms with Crippen LogP contribution in [0.4, 0.5) is 0 Å². The predicted octanol–water partition coefficient (Wildman–Crippen LogP) is 1.84. The Bertz CT molecular complexity index is 215. The van der Waals surface area contributed by atoms with Gasteiger partial charge in [0.25, 0.3) is 0 Å². The molecule has 0 unspecified atom stereocenters. The third-order valence-electron chi connectivity index (χ3n) is 2.77. The average Bonchev–Trinajstić information content (AvgIpc) is 2.28. The van der Waals surface area contributed by atoms with Gasteiger partial charge in [-0.1, -0.05) is 0 Å². The zero-order chi connectivity index (χ0) is 13.5. The van der Waals surface area contributed by atoms with Gasteiger partial charge in [-0.2, -0.15) is 0 Å². The first-order valence-electron chi connectivity index (χ1n) is 6.73. The van der Waals surface area contributed by atoms with Gasteiger partial charge in [-0.05, 0) is 27.7 Å². The largest absolute Gasteiger partial charge is 0.503 e. The Morgan fingerprint density at radius 3 is 1.83 bits per heavy atom. The molecule has 0 aliphatic carbocycles. The van der Waals surface area contributed by atoms with Crippen molar-refractivity contribution >= 4 is 8.80 Å². The fourth-order valence-electron chi connectivity index (χ4n) is 1.90. The first-order valence-corrected chi connectivity index (χ1v) is 8.66. The summed E-state index contributed by atoms with van der Waals surface area (Å²) in [6.07, 6.45) is 0. The fraction of sp³-hybridized carbons (Fsp3) is 1.00. The van der Waals surface area contributed by atoms with Gasteiger partial charge in [0, 0.05) is 25.9 Å². The third-order valence-corrected chi connectivity index (χ3v) is 5.77. The molecule has 0 radical (unpaired) electrons. The van der Waals surface area contributed by atoms with Gasteiger partial charge in [-0.25, -0.2) is 0 Å². The predicted molar refractivity (Wildman–Crippen MR) is 70.6 cm³/mol. The monoisotopic (exact) mass is 278 g/mol. The minimum absolute atomic E-state index is 0.134. The van der Waals surface area contributed by atoms with Gasteiger partial charge >= 0.3 is 8.80 Å². The molecule has 5 nitrogen and oxygen atoms in total. The van der Waals surface area contributed by atoms with E-state index in [-0.39, 0.29) is 5.60 Å². The van der Waals surface area contributed by atoms with Crippen molar-refractivity contribution in [2.24, 2.45) is 0 Å². The van der Waals surface area contributed by atoms with Crippen molar-refractivity contribution in [3.8, 4) is 0 Å². The molecule has 1 aliphatic rings. The van der Waals surface area contributed by atoms with Gasteiger partial charge < -0.3 is 22.8 Å². The lowest BCUT2D eigenvalue weighted by molar-refractivity contribution is -0.197. The van der Waals surface area contributed by atoms with E-state index in [0.717, 1.165) is 0 Å². The smallest absolute Gasteiger partial charge is 0.375 e. The Labute approximate surface area is 111 Å². The van der Waals surface area contributed by atoms with E-state index in [9.17, 15) is 0 Å². The number of ether oxygens (including phenoxy) is 2. The molecule has 1 aliphatic heterocycles. The van der Waals surface area contributed by atoms with Crippen LogP contribution in [0.2, 0.25) is 6.04 Å². The van der Waals surface area contributed by atoms with Crippen molar-refractivity contribution < 1.29 is 22.8 Å². The summed E-state index contributed by atoms with van der Waals surface area (Å²) in [5.74, 6) is 0. The van der Waals surface area contributed by atoms with E-state index in [2.05, 4.69) is 6.92 Å². The maximum atomic E-state index is 5.83. The molecule has 1 saturated heterocycles. The summed E-state index contributed by atoms with van der Waals surface area (Å²) >= 11 is 0. The molecule has 1 rings (SSSR count). The van der Waals surface area contributed by atoms with Crippen molar-refractivity contribution in [1.29, 1.82) is 0 Å². The second kappa shape index (κ2) is 7.57. The van der Waals surface area contributed by atoms with Crippen molar-refractivity contribution in [2.75, 3.05) is 39.6 Å². The highest BCUT2D eigenvalue weighted by molar-refractivity contribution is 6.60. The Hall–Kier alpha value is 0.0169. The quantitative estimate of drug-likeness (QED) is 0.571. The summed E-state index contributed by atoms with van der Waals surface area (Å²) in [4.78, 5) is 0. The van der Waals surface area contributed by atoms with E-state index in [4.69, 9.17) is 22.8 Å². The number of hydrogen-bond donors (Lipinski definition) is 0. The Morgan fingerprint density at radius 1 is 1.00 bits per heavy atom. The maximum Gasteiger partial charge on any atom is 0.503 e. The summed E-state index contributed by atoms with van der Waals surface area (Å²) < 4.78 is 28.3. The Kier molecular flexibility index (Phi) is 6.76. The molecule has 0 N–H and O–H groups in total. The third kappa shape index (κ3) is 4.60. The van der Waals surface area contributed by atoms with E-state index < -0.39 is 8.80 Å². The van der Waals surface area contributed by atoms with E-state index >= 15 is 0 Å². The minimum atomic E-state index is -2.55. The van der Waals surface area contributed by atoms with Crippen molar-refractivity contribution in [2.45, 2.75) is 39.3 Å². The average molecular weight is 278 g/mol. The number of hydrogen-bond acceptors (Lipinski definition) is 5.